The van der Waals surface area contributed by atoms with Gasteiger partial charge in [-0.1, -0.05) is 0 Å². The van der Waals surface area contributed by atoms with E-state index in [9.17, 15) is 13.2 Å². The van der Waals surface area contributed by atoms with Gasteiger partial charge in [-0.05, 0) is 18.2 Å². The van der Waals surface area contributed by atoms with Crippen LogP contribution in [0.2, 0.25) is 0 Å². The van der Waals surface area contributed by atoms with Gasteiger partial charge in [-0.2, -0.15) is 0 Å². The number of ether oxygens (including phenoxy) is 2. The molecule has 0 radical (unpaired) electrons. The minimum Gasteiger partial charge on any atom is -0.497 e. The van der Waals surface area contributed by atoms with E-state index in [0.29, 0.717) is 6.67 Å². The third-order valence-electron chi connectivity index (χ3n) is 5.41. The van der Waals surface area contributed by atoms with Gasteiger partial charge in [-0.25, -0.2) is 12.7 Å². The third kappa shape index (κ3) is 4.31. The van der Waals surface area contributed by atoms with E-state index in [-0.39, 0.29) is 16.5 Å². The lowest BCUT2D eigenvalue weighted by Crippen LogP contribution is -3.09. The first-order chi connectivity index (χ1) is 13.8. The summed E-state index contributed by atoms with van der Waals surface area (Å²) >= 11 is 0. The molecule has 29 heavy (non-hydrogen) atoms. The molecule has 2 atom stereocenters. The molecule has 2 heterocycles. The van der Waals surface area contributed by atoms with Gasteiger partial charge in [-0.3, -0.25) is 9.36 Å². The molecule has 1 aliphatic rings. The molecule has 0 spiro atoms. The summed E-state index contributed by atoms with van der Waals surface area (Å²) in [5.41, 5.74) is 0.841. The van der Waals surface area contributed by atoms with Crippen molar-refractivity contribution in [3.63, 3.8) is 0 Å². The van der Waals surface area contributed by atoms with Crippen LogP contribution < -0.4 is 19.9 Å². The van der Waals surface area contributed by atoms with Crippen molar-refractivity contribution in [1.82, 2.24) is 8.87 Å². The summed E-state index contributed by atoms with van der Waals surface area (Å²) in [6.45, 7) is 1.27. The Morgan fingerprint density at radius 2 is 1.93 bits per heavy atom. The second-order valence-electron chi connectivity index (χ2n) is 7.33. The largest absolute Gasteiger partial charge is 0.497 e. The highest BCUT2D eigenvalue weighted by atomic mass is 32.2. The Morgan fingerprint density at radius 3 is 2.59 bits per heavy atom. The van der Waals surface area contributed by atoms with Crippen LogP contribution in [0.4, 0.5) is 0 Å². The second-order valence-corrected chi connectivity index (χ2v) is 9.48. The molecule has 0 saturated carbocycles. The Labute approximate surface area is 171 Å². The number of aromatic nitrogens is 1. The lowest BCUT2D eigenvalue weighted by Gasteiger charge is -2.24. The van der Waals surface area contributed by atoms with E-state index in [1.54, 1.807) is 14.2 Å². The van der Waals surface area contributed by atoms with Crippen molar-refractivity contribution in [2.24, 2.45) is 0 Å². The van der Waals surface area contributed by atoms with E-state index in [2.05, 4.69) is 0 Å². The minimum atomic E-state index is -3.60. The van der Waals surface area contributed by atoms with Crippen LogP contribution in [0.5, 0.6) is 11.5 Å². The summed E-state index contributed by atoms with van der Waals surface area (Å²) in [5, 5.41) is 0. The standard InChI is InChI=1S/C20H27N3O5S/c1-21(2)29(25,26)16-8-10-20(24)23(13-16)14-22-11-5-6-18(22)17-9-7-15(27-3)12-19(17)28-4/h7-10,12-13,18H,5-6,11,14H2,1-4H3/p+1/t18-/m0/s1. The molecule has 1 unspecified atom stereocenters. The number of nitrogens with one attached hydrogen (secondary N) is 1. The smallest absolute Gasteiger partial charge is 0.254 e. The number of hydrogen-bond donors (Lipinski definition) is 1. The highest BCUT2D eigenvalue weighted by Crippen LogP contribution is 2.31. The summed E-state index contributed by atoms with van der Waals surface area (Å²) in [4.78, 5) is 13.7. The van der Waals surface area contributed by atoms with Crippen molar-refractivity contribution in [3.8, 4) is 11.5 Å². The van der Waals surface area contributed by atoms with E-state index in [4.69, 9.17) is 9.47 Å². The van der Waals surface area contributed by atoms with E-state index in [0.717, 1.165) is 40.8 Å². The maximum absolute atomic E-state index is 12.4. The lowest BCUT2D eigenvalue weighted by atomic mass is 10.0. The molecule has 0 aliphatic carbocycles. The van der Waals surface area contributed by atoms with Gasteiger partial charge in [0.25, 0.3) is 5.56 Å². The van der Waals surface area contributed by atoms with Gasteiger partial charge < -0.3 is 14.4 Å². The Hall–Kier alpha value is -2.36. The van der Waals surface area contributed by atoms with Crippen LogP contribution in [-0.4, -0.2) is 52.1 Å². The average Bonchev–Trinajstić information content (AvgIpc) is 3.16. The monoisotopic (exact) mass is 422 g/mol. The molecule has 0 amide bonds. The zero-order valence-corrected chi connectivity index (χ0v) is 18.0. The van der Waals surface area contributed by atoms with Gasteiger partial charge in [-0.15, -0.1) is 0 Å². The van der Waals surface area contributed by atoms with Gasteiger partial charge in [0, 0.05) is 45.3 Å². The lowest BCUT2D eigenvalue weighted by molar-refractivity contribution is -0.940. The second kappa shape index (κ2) is 8.56. The van der Waals surface area contributed by atoms with Crippen LogP contribution in [0.15, 0.2) is 46.2 Å². The Morgan fingerprint density at radius 1 is 1.17 bits per heavy atom. The van der Waals surface area contributed by atoms with Crippen molar-refractivity contribution >= 4 is 10.0 Å². The number of nitrogens with zero attached hydrogens (tertiary/aromatic N) is 2. The Kier molecular flexibility index (Phi) is 6.30. The summed E-state index contributed by atoms with van der Waals surface area (Å²) in [5.74, 6) is 1.48. The van der Waals surface area contributed by atoms with Gasteiger partial charge >= 0.3 is 0 Å². The van der Waals surface area contributed by atoms with Gasteiger partial charge in [0.1, 0.15) is 17.5 Å². The molecule has 3 rings (SSSR count). The number of quaternary nitrogens is 1. The Bertz CT molecular complexity index is 1030. The van der Waals surface area contributed by atoms with E-state index in [1.807, 2.05) is 18.2 Å². The summed E-state index contributed by atoms with van der Waals surface area (Å²) < 4.78 is 38.4. The maximum Gasteiger partial charge on any atom is 0.254 e. The predicted octanol–water partition coefficient (Wildman–Crippen LogP) is 0.493. The molecule has 1 fully saturated rings. The maximum atomic E-state index is 12.4. The van der Waals surface area contributed by atoms with Crippen molar-refractivity contribution in [2.75, 3.05) is 34.9 Å². The molecule has 0 bridgehead atoms. The fourth-order valence-electron chi connectivity index (χ4n) is 3.80. The van der Waals surface area contributed by atoms with E-state index < -0.39 is 10.0 Å². The number of pyridine rings is 1. The molecule has 1 N–H and O–H groups in total. The number of likely N-dealkylation sites (tertiary alicyclic amines) is 1. The molecule has 158 valence electrons. The Balaban J connectivity index is 1.92. The highest BCUT2D eigenvalue weighted by Gasteiger charge is 2.33. The molecule has 2 aromatic rings. The molecule has 1 aromatic carbocycles. The topological polar surface area (TPSA) is 82.3 Å². The summed E-state index contributed by atoms with van der Waals surface area (Å²) in [6, 6.07) is 8.60. The number of methoxy groups -OCH3 is 2. The first kappa shape index (κ1) is 21.4. The van der Waals surface area contributed by atoms with Gasteiger partial charge in [0.15, 0.2) is 6.67 Å². The highest BCUT2D eigenvalue weighted by molar-refractivity contribution is 7.89. The molecule has 1 aromatic heterocycles. The van der Waals surface area contributed by atoms with Crippen LogP contribution in [0.25, 0.3) is 0 Å². The van der Waals surface area contributed by atoms with Crippen molar-refractivity contribution in [2.45, 2.75) is 30.4 Å². The average molecular weight is 423 g/mol. The van der Waals surface area contributed by atoms with Gasteiger partial charge in [0.2, 0.25) is 10.0 Å². The molecule has 1 saturated heterocycles. The quantitative estimate of drug-likeness (QED) is 0.703. The first-order valence-corrected chi connectivity index (χ1v) is 10.9. The van der Waals surface area contributed by atoms with E-state index in [1.165, 1.54) is 41.9 Å². The fraction of sp³-hybridized carbons (Fsp3) is 0.450. The van der Waals surface area contributed by atoms with Crippen molar-refractivity contribution < 1.29 is 22.8 Å². The molecule has 8 nitrogen and oxygen atoms in total. The van der Waals surface area contributed by atoms with Crippen LogP contribution >= 0.6 is 0 Å². The SMILES string of the molecule is COc1ccc([C@@H]2CCC[NH+]2Cn2cc(S(=O)(=O)N(C)C)ccc2=O)c(OC)c1. The number of rotatable bonds is 7. The zero-order valence-electron chi connectivity index (χ0n) is 17.2. The predicted molar refractivity (Wildman–Crippen MR) is 109 cm³/mol. The third-order valence-corrected chi connectivity index (χ3v) is 7.21. The summed E-state index contributed by atoms with van der Waals surface area (Å²) in [6.07, 6.45) is 3.41. The fourth-order valence-corrected chi connectivity index (χ4v) is 4.72. The van der Waals surface area contributed by atoms with Crippen molar-refractivity contribution in [3.05, 3.63) is 52.4 Å². The van der Waals surface area contributed by atoms with Crippen molar-refractivity contribution in [1.29, 1.82) is 0 Å². The molecule has 1 aliphatic heterocycles. The number of benzene rings is 1. The van der Waals surface area contributed by atoms with Crippen LogP contribution in [0, 0.1) is 0 Å². The minimum absolute atomic E-state index is 0.110. The molecule has 9 heteroatoms. The number of hydrogen-bond acceptors (Lipinski definition) is 5. The van der Waals surface area contributed by atoms with Crippen LogP contribution in [-0.2, 0) is 16.7 Å². The van der Waals surface area contributed by atoms with E-state index >= 15 is 0 Å². The molecular formula is C20H28N3O5S+. The van der Waals surface area contributed by atoms with Crippen LogP contribution in [0.1, 0.15) is 24.4 Å². The first-order valence-electron chi connectivity index (χ1n) is 9.47. The normalized spacial score (nSPS) is 19.5. The van der Waals surface area contributed by atoms with Crippen LogP contribution in [0.3, 0.4) is 0 Å². The summed E-state index contributed by atoms with van der Waals surface area (Å²) in [7, 11) is 2.59. The number of sulfonamides is 1. The molecular weight excluding hydrogens is 394 g/mol. The zero-order chi connectivity index (χ0) is 21.2. The van der Waals surface area contributed by atoms with Gasteiger partial charge in [0.05, 0.1) is 31.2 Å².